The number of nitrogens with zero attached hydrogens (tertiary/aromatic N) is 1. The van der Waals surface area contributed by atoms with Crippen molar-refractivity contribution in [3.8, 4) is 5.75 Å². The van der Waals surface area contributed by atoms with Gasteiger partial charge < -0.3 is 14.8 Å². The molecule has 0 saturated carbocycles. The van der Waals surface area contributed by atoms with Crippen LogP contribution in [0.4, 0.5) is 11.4 Å². The molecule has 1 aliphatic rings. The average Bonchev–Trinajstić information content (AvgIpc) is 3.15. The molecule has 0 bridgehead atoms. The molecule has 1 N–H and O–H groups in total. The minimum Gasteiger partial charge on any atom is -0.495 e. The molecule has 0 aliphatic carbocycles. The third-order valence-electron chi connectivity index (χ3n) is 5.51. The van der Waals surface area contributed by atoms with E-state index in [1.807, 2.05) is 6.07 Å². The maximum atomic E-state index is 13.4. The Morgan fingerprint density at radius 3 is 2.47 bits per heavy atom. The predicted molar refractivity (Wildman–Crippen MR) is 127 cm³/mol. The van der Waals surface area contributed by atoms with E-state index in [0.717, 1.165) is 0 Å². The fourth-order valence-corrected chi connectivity index (χ4v) is 5.40. The van der Waals surface area contributed by atoms with Crippen LogP contribution < -0.4 is 14.4 Å². The summed E-state index contributed by atoms with van der Waals surface area (Å²) in [4.78, 5) is 24.8. The molecule has 0 fully saturated rings. The number of amides is 1. The van der Waals surface area contributed by atoms with Crippen LogP contribution in [-0.2, 0) is 19.6 Å². The number of sulfonamides is 1. The van der Waals surface area contributed by atoms with Gasteiger partial charge in [-0.1, -0.05) is 36.4 Å². The number of cyclic esters (lactones) is 1. The summed E-state index contributed by atoms with van der Waals surface area (Å²) in [5.41, 5.74) is 1.82. The standard InChI is InChI=1S/C25H24N2O6S/c1-3-27(17-9-5-4-6-10-17)34(30,31)18-13-14-22(32-2)21(15-18)26-24(28)16-23-19-11-7-8-12-20(19)25(29)33-23/h4-15,23H,3,16H2,1-2H3,(H,26,28)/t23-/m0/s1. The smallest absolute Gasteiger partial charge is 0.339 e. The third-order valence-corrected chi connectivity index (χ3v) is 7.41. The summed E-state index contributed by atoms with van der Waals surface area (Å²) in [6, 6.07) is 20.0. The van der Waals surface area contributed by atoms with Crippen molar-refractivity contribution in [3.05, 3.63) is 83.9 Å². The normalized spacial score (nSPS) is 14.8. The van der Waals surface area contributed by atoms with Gasteiger partial charge in [0.25, 0.3) is 10.0 Å². The van der Waals surface area contributed by atoms with Gasteiger partial charge in [-0.3, -0.25) is 9.10 Å². The van der Waals surface area contributed by atoms with E-state index in [4.69, 9.17) is 9.47 Å². The molecule has 0 aromatic heterocycles. The molecule has 176 valence electrons. The van der Waals surface area contributed by atoms with Crippen molar-refractivity contribution in [2.75, 3.05) is 23.3 Å². The zero-order valence-electron chi connectivity index (χ0n) is 18.7. The van der Waals surface area contributed by atoms with E-state index < -0.39 is 28.0 Å². The summed E-state index contributed by atoms with van der Waals surface area (Å²) in [5.74, 6) is -0.615. The monoisotopic (exact) mass is 480 g/mol. The molecule has 34 heavy (non-hydrogen) atoms. The fraction of sp³-hybridized carbons (Fsp3) is 0.200. The lowest BCUT2D eigenvalue weighted by atomic mass is 10.0. The summed E-state index contributed by atoms with van der Waals surface area (Å²) in [6.45, 7) is 1.98. The Morgan fingerprint density at radius 2 is 1.76 bits per heavy atom. The first-order chi connectivity index (χ1) is 16.3. The lowest BCUT2D eigenvalue weighted by Crippen LogP contribution is -2.30. The summed E-state index contributed by atoms with van der Waals surface area (Å²) < 4.78 is 38.7. The van der Waals surface area contributed by atoms with E-state index in [-0.39, 0.29) is 23.5 Å². The predicted octanol–water partition coefficient (Wildman–Crippen LogP) is 4.15. The van der Waals surface area contributed by atoms with Gasteiger partial charge in [0.05, 0.1) is 35.4 Å². The van der Waals surface area contributed by atoms with Gasteiger partial charge in [-0.25, -0.2) is 13.2 Å². The Bertz CT molecular complexity index is 1320. The van der Waals surface area contributed by atoms with E-state index in [9.17, 15) is 18.0 Å². The number of hydrogen-bond donors (Lipinski definition) is 1. The lowest BCUT2D eigenvalue weighted by molar-refractivity contribution is -0.118. The van der Waals surface area contributed by atoms with Crippen LogP contribution in [0, 0.1) is 0 Å². The van der Waals surface area contributed by atoms with E-state index >= 15 is 0 Å². The van der Waals surface area contributed by atoms with Gasteiger partial charge in [-0.05, 0) is 43.3 Å². The van der Waals surface area contributed by atoms with Gasteiger partial charge in [-0.15, -0.1) is 0 Å². The molecule has 0 saturated heterocycles. The van der Waals surface area contributed by atoms with Gasteiger partial charge in [-0.2, -0.15) is 0 Å². The van der Waals surface area contributed by atoms with Crippen molar-refractivity contribution in [3.63, 3.8) is 0 Å². The Labute approximate surface area is 198 Å². The molecule has 9 heteroatoms. The molecule has 1 atom stereocenters. The molecule has 3 aromatic carbocycles. The highest BCUT2D eigenvalue weighted by Gasteiger charge is 2.32. The molecule has 1 heterocycles. The Morgan fingerprint density at radius 1 is 1.06 bits per heavy atom. The van der Waals surface area contributed by atoms with E-state index in [2.05, 4.69) is 5.32 Å². The minimum absolute atomic E-state index is 0.00643. The second-order valence-electron chi connectivity index (χ2n) is 7.60. The highest BCUT2D eigenvalue weighted by Crippen LogP contribution is 2.34. The zero-order valence-corrected chi connectivity index (χ0v) is 19.5. The highest BCUT2D eigenvalue weighted by molar-refractivity contribution is 7.92. The van der Waals surface area contributed by atoms with Crippen LogP contribution >= 0.6 is 0 Å². The minimum atomic E-state index is -3.90. The number of carbonyl (C=O) groups excluding carboxylic acids is 2. The molecular weight excluding hydrogens is 456 g/mol. The van der Waals surface area contributed by atoms with Crippen molar-refractivity contribution in [1.29, 1.82) is 0 Å². The number of methoxy groups -OCH3 is 1. The number of carbonyl (C=O) groups is 2. The van der Waals surface area contributed by atoms with E-state index in [1.54, 1.807) is 55.5 Å². The molecule has 0 spiro atoms. The zero-order chi connectivity index (χ0) is 24.3. The number of anilines is 2. The van der Waals surface area contributed by atoms with Crippen LogP contribution in [-0.4, -0.2) is 33.9 Å². The maximum absolute atomic E-state index is 13.4. The molecule has 4 rings (SSSR count). The molecule has 1 aliphatic heterocycles. The first kappa shape index (κ1) is 23.3. The van der Waals surface area contributed by atoms with Crippen LogP contribution in [0.3, 0.4) is 0 Å². The molecule has 8 nitrogen and oxygen atoms in total. The second-order valence-corrected chi connectivity index (χ2v) is 9.46. The third kappa shape index (κ3) is 4.47. The molecular formula is C25H24N2O6S. The number of esters is 1. The number of para-hydroxylation sites is 1. The number of hydrogen-bond acceptors (Lipinski definition) is 6. The molecule has 1 amide bonds. The van der Waals surface area contributed by atoms with E-state index in [1.165, 1.54) is 29.6 Å². The van der Waals surface area contributed by atoms with Crippen LogP contribution in [0.5, 0.6) is 5.75 Å². The number of fused-ring (bicyclic) bond motifs is 1. The van der Waals surface area contributed by atoms with Crippen molar-refractivity contribution < 1.29 is 27.5 Å². The number of benzene rings is 3. The number of ether oxygens (including phenoxy) is 2. The largest absolute Gasteiger partial charge is 0.495 e. The Kier molecular flexibility index (Phi) is 6.56. The van der Waals surface area contributed by atoms with Gasteiger partial charge in [0.1, 0.15) is 11.9 Å². The molecule has 3 aromatic rings. The summed E-state index contributed by atoms with van der Waals surface area (Å²) in [5, 5.41) is 2.70. The number of rotatable bonds is 8. The first-order valence-corrected chi connectivity index (χ1v) is 12.1. The molecule has 0 radical (unpaired) electrons. The van der Waals surface area contributed by atoms with E-state index in [0.29, 0.717) is 22.6 Å². The van der Waals surface area contributed by atoms with Crippen LogP contribution in [0.15, 0.2) is 77.7 Å². The summed E-state index contributed by atoms with van der Waals surface area (Å²) in [7, 11) is -2.47. The Balaban J connectivity index is 1.58. The van der Waals surface area contributed by atoms with Crippen molar-refractivity contribution >= 4 is 33.3 Å². The Hall–Kier alpha value is -3.85. The van der Waals surface area contributed by atoms with Crippen LogP contribution in [0.2, 0.25) is 0 Å². The average molecular weight is 481 g/mol. The van der Waals surface area contributed by atoms with Gasteiger partial charge in [0, 0.05) is 12.1 Å². The fourth-order valence-electron chi connectivity index (χ4n) is 3.90. The summed E-state index contributed by atoms with van der Waals surface area (Å²) >= 11 is 0. The van der Waals surface area contributed by atoms with Crippen molar-refractivity contribution in [1.82, 2.24) is 0 Å². The van der Waals surface area contributed by atoms with Crippen LogP contribution in [0.1, 0.15) is 35.4 Å². The van der Waals surface area contributed by atoms with Gasteiger partial charge in [0.2, 0.25) is 5.91 Å². The quantitative estimate of drug-likeness (QED) is 0.486. The number of nitrogens with one attached hydrogen (secondary N) is 1. The summed E-state index contributed by atoms with van der Waals surface area (Å²) in [6.07, 6.45) is -0.830. The van der Waals surface area contributed by atoms with Gasteiger partial charge >= 0.3 is 5.97 Å². The lowest BCUT2D eigenvalue weighted by Gasteiger charge is -2.23. The van der Waals surface area contributed by atoms with Crippen molar-refractivity contribution in [2.24, 2.45) is 0 Å². The first-order valence-electron chi connectivity index (χ1n) is 10.7. The van der Waals surface area contributed by atoms with Gasteiger partial charge in [0.15, 0.2) is 0 Å². The van der Waals surface area contributed by atoms with Crippen molar-refractivity contribution in [2.45, 2.75) is 24.3 Å². The second kappa shape index (κ2) is 9.56. The van der Waals surface area contributed by atoms with Crippen LogP contribution in [0.25, 0.3) is 0 Å². The SMILES string of the molecule is CCN(c1ccccc1)S(=O)(=O)c1ccc(OC)c(NC(=O)C[C@@H]2OC(=O)c3ccccc32)c1. The maximum Gasteiger partial charge on any atom is 0.339 e. The highest BCUT2D eigenvalue weighted by atomic mass is 32.2. The topological polar surface area (TPSA) is 102 Å². The molecule has 0 unspecified atom stereocenters.